The summed E-state index contributed by atoms with van der Waals surface area (Å²) in [6.45, 7) is 0. The number of fused-ring (bicyclic) bond motifs is 12. The Labute approximate surface area is 374 Å². The quantitative estimate of drug-likeness (QED) is 0.172. The lowest BCUT2D eigenvalue weighted by atomic mass is 9.94. The topological polar surface area (TPSA) is 20.5 Å². The van der Waals surface area contributed by atoms with Gasteiger partial charge in [-0.05, 0) is 82.8 Å². The van der Waals surface area contributed by atoms with E-state index in [1.54, 1.807) is 0 Å². The minimum absolute atomic E-state index is 0.0541. The van der Waals surface area contributed by atoms with E-state index >= 15 is 0 Å². The number of hydrogen-bond donors (Lipinski definition) is 0. The highest BCUT2D eigenvalue weighted by Gasteiger charge is 2.42. The van der Waals surface area contributed by atoms with Gasteiger partial charge in [0.15, 0.2) is 0 Å². The Balaban J connectivity index is 0.995. The molecule has 63 heavy (non-hydrogen) atoms. The van der Waals surface area contributed by atoms with Crippen LogP contribution in [0.25, 0.3) is 69.7 Å². The molecule has 3 nitrogen and oxygen atoms in total. The standard InChI is InChI=1S/C58H41N3S2/c1-60-54-46-34-31-40(36-17-5-2-6-18-36)35-47(37-19-7-3-8-20-37)55(46)63-57(54)52(59-58(60)39-21-9-4-10-22-39)38-29-32-41(33-30-38)61-48-27-15-13-25-44(48)51-53(61)43-24-12-11-23-42(43)50-45-26-14-16-28-49(45)62-56(50)51/h3-5,7-33,35,54H,2,6,34H2,1H3. The maximum Gasteiger partial charge on any atom is 0.137 e. The number of thiophene rings is 1. The molecule has 5 heteroatoms. The number of amidine groups is 1. The molecule has 13 rings (SSSR count). The molecule has 0 amide bonds. The molecular weight excluding hydrogens is 803 g/mol. The number of likely N-dealkylation sites (N-methyl/N-ethyl adjacent to an activating group) is 1. The highest BCUT2D eigenvalue weighted by molar-refractivity contribution is 8.07. The summed E-state index contributed by atoms with van der Waals surface area (Å²) in [5, 5.41) is 7.87. The van der Waals surface area contributed by atoms with Crippen LogP contribution < -0.4 is 0 Å². The summed E-state index contributed by atoms with van der Waals surface area (Å²) in [4.78, 5) is 10.7. The molecule has 0 N–H and O–H groups in total. The van der Waals surface area contributed by atoms with Gasteiger partial charge in [-0.2, -0.15) is 0 Å². The van der Waals surface area contributed by atoms with Crippen LogP contribution in [0.4, 0.5) is 0 Å². The molecule has 2 aliphatic carbocycles. The second-order valence-electron chi connectivity index (χ2n) is 16.9. The lowest BCUT2D eigenvalue weighted by Gasteiger charge is -2.35. The van der Waals surface area contributed by atoms with E-state index < -0.39 is 0 Å². The van der Waals surface area contributed by atoms with Crippen LogP contribution in [0.5, 0.6) is 0 Å². The molecule has 0 bridgehead atoms. The Morgan fingerprint density at radius 2 is 1.30 bits per heavy atom. The molecular formula is C58H41N3S2. The molecule has 0 fully saturated rings. The van der Waals surface area contributed by atoms with E-state index in [1.165, 1.54) is 90.4 Å². The molecule has 1 atom stereocenters. The molecule has 300 valence electrons. The van der Waals surface area contributed by atoms with Crippen molar-refractivity contribution in [3.63, 3.8) is 0 Å². The predicted octanol–water partition coefficient (Wildman–Crippen LogP) is 15.4. The van der Waals surface area contributed by atoms with Gasteiger partial charge in [0.1, 0.15) is 5.84 Å². The number of aliphatic imine (C=N–C) groups is 1. The number of thioether (sulfide) groups is 1. The van der Waals surface area contributed by atoms with Crippen molar-refractivity contribution in [2.24, 2.45) is 4.99 Å². The van der Waals surface area contributed by atoms with Gasteiger partial charge in [0.05, 0.1) is 22.8 Å². The van der Waals surface area contributed by atoms with Crippen LogP contribution in [0, 0.1) is 0 Å². The summed E-state index contributed by atoms with van der Waals surface area (Å²) in [6, 6.07) is 57.8. The predicted molar refractivity (Wildman–Crippen MR) is 271 cm³/mol. The van der Waals surface area contributed by atoms with E-state index in [4.69, 9.17) is 4.99 Å². The van der Waals surface area contributed by atoms with Gasteiger partial charge in [-0.3, -0.25) is 0 Å². The van der Waals surface area contributed by atoms with Gasteiger partial charge in [0.25, 0.3) is 0 Å². The van der Waals surface area contributed by atoms with Crippen LogP contribution >= 0.6 is 23.1 Å². The molecule has 0 spiro atoms. The molecule has 4 heterocycles. The fourth-order valence-corrected chi connectivity index (χ4v) is 13.3. The van der Waals surface area contributed by atoms with Crippen LogP contribution in [-0.2, 0) is 0 Å². The first-order valence-corrected chi connectivity index (χ1v) is 23.6. The van der Waals surface area contributed by atoms with Crippen molar-refractivity contribution >= 4 is 93.0 Å². The Hall–Kier alpha value is -6.92. The first kappa shape index (κ1) is 36.7. The van der Waals surface area contributed by atoms with Gasteiger partial charge in [0.2, 0.25) is 0 Å². The number of hydrogen-bond acceptors (Lipinski definition) is 4. The average molecular weight is 844 g/mol. The van der Waals surface area contributed by atoms with E-state index in [0.29, 0.717) is 0 Å². The van der Waals surface area contributed by atoms with Gasteiger partial charge in [-0.25, -0.2) is 4.99 Å². The lowest BCUT2D eigenvalue weighted by Crippen LogP contribution is -2.41. The Bertz CT molecular complexity index is 3610. The third-order valence-electron chi connectivity index (χ3n) is 13.3. The molecule has 9 aromatic rings. The maximum absolute atomic E-state index is 5.62. The Morgan fingerprint density at radius 1 is 0.603 bits per heavy atom. The summed E-state index contributed by atoms with van der Waals surface area (Å²) < 4.78 is 5.18. The van der Waals surface area contributed by atoms with Crippen molar-refractivity contribution in [2.75, 3.05) is 7.05 Å². The minimum Gasteiger partial charge on any atom is -0.348 e. The molecule has 4 aliphatic rings. The summed E-state index contributed by atoms with van der Waals surface area (Å²) in [5.74, 6) is 0.996. The largest absolute Gasteiger partial charge is 0.348 e. The molecule has 0 saturated carbocycles. The smallest absolute Gasteiger partial charge is 0.137 e. The molecule has 7 aromatic carbocycles. The van der Waals surface area contributed by atoms with Crippen LogP contribution in [0.15, 0.2) is 220 Å². The average Bonchev–Trinajstić information content (AvgIpc) is 4.00. The van der Waals surface area contributed by atoms with Crippen molar-refractivity contribution < 1.29 is 0 Å². The van der Waals surface area contributed by atoms with Crippen molar-refractivity contribution in [1.82, 2.24) is 9.47 Å². The van der Waals surface area contributed by atoms with Crippen LogP contribution in [0.3, 0.4) is 0 Å². The Morgan fingerprint density at radius 3 is 2.08 bits per heavy atom. The van der Waals surface area contributed by atoms with E-state index in [0.717, 1.165) is 47.6 Å². The molecule has 0 saturated heterocycles. The van der Waals surface area contributed by atoms with Gasteiger partial charge >= 0.3 is 0 Å². The number of nitrogens with zero attached hydrogens (tertiary/aromatic N) is 3. The lowest BCUT2D eigenvalue weighted by molar-refractivity contribution is 0.459. The first-order valence-electron chi connectivity index (χ1n) is 21.9. The SMILES string of the molecule is CN1C(c2ccccc2)=NC(c2ccc(-n3c4ccccc4c4c5sc6ccccc6c5c5ccccc5c43)cc2)=C2SC3=C(CC=C(C4=CCCC=C4)C=C3c3ccccc3)C21. The van der Waals surface area contributed by atoms with Crippen molar-refractivity contribution in [2.45, 2.75) is 25.3 Å². The van der Waals surface area contributed by atoms with Crippen molar-refractivity contribution in [3.05, 3.63) is 231 Å². The number of allylic oxidation sites excluding steroid dienone is 8. The third-order valence-corrected chi connectivity index (χ3v) is 15.8. The third kappa shape index (κ3) is 5.69. The summed E-state index contributed by atoms with van der Waals surface area (Å²) in [5.41, 5.74) is 13.5. The van der Waals surface area contributed by atoms with Crippen LogP contribution in [-0.4, -0.2) is 28.4 Å². The number of aromatic nitrogens is 1. The van der Waals surface area contributed by atoms with E-state index in [1.807, 2.05) is 23.1 Å². The second-order valence-corrected chi connectivity index (χ2v) is 19.0. The Kier molecular flexibility index (Phi) is 8.50. The van der Waals surface area contributed by atoms with Gasteiger partial charge in [-0.15, -0.1) is 11.3 Å². The second kappa shape index (κ2) is 14.6. The molecule has 0 radical (unpaired) electrons. The van der Waals surface area contributed by atoms with E-state index in [2.05, 4.69) is 205 Å². The van der Waals surface area contributed by atoms with Crippen molar-refractivity contribution in [3.8, 4) is 5.69 Å². The summed E-state index contributed by atoms with van der Waals surface area (Å²) in [6.07, 6.45) is 15.0. The maximum atomic E-state index is 5.62. The number of para-hydroxylation sites is 1. The number of benzene rings is 7. The number of rotatable bonds is 5. The van der Waals surface area contributed by atoms with Gasteiger partial charge < -0.3 is 9.47 Å². The minimum atomic E-state index is 0.0541. The van der Waals surface area contributed by atoms with Crippen LogP contribution in [0.2, 0.25) is 0 Å². The highest BCUT2D eigenvalue weighted by atomic mass is 32.2. The fraction of sp³-hybridized carbons (Fsp3) is 0.0862. The fourth-order valence-electron chi connectivity index (χ4n) is 10.5. The van der Waals surface area contributed by atoms with E-state index in [9.17, 15) is 0 Å². The van der Waals surface area contributed by atoms with Crippen molar-refractivity contribution in [1.29, 1.82) is 0 Å². The normalized spacial score (nSPS) is 17.7. The van der Waals surface area contributed by atoms with Gasteiger partial charge in [-0.1, -0.05) is 170 Å². The zero-order chi connectivity index (χ0) is 41.6. The zero-order valence-corrected chi connectivity index (χ0v) is 36.4. The summed E-state index contributed by atoms with van der Waals surface area (Å²) in [7, 11) is 2.24. The van der Waals surface area contributed by atoms with Crippen LogP contribution in [0.1, 0.15) is 36.0 Å². The molecule has 2 aliphatic heterocycles. The first-order chi connectivity index (χ1) is 31.2. The highest BCUT2D eigenvalue weighted by Crippen LogP contribution is 2.56. The molecule has 2 aromatic heterocycles. The summed E-state index contributed by atoms with van der Waals surface area (Å²) >= 11 is 3.84. The zero-order valence-electron chi connectivity index (χ0n) is 34.8. The monoisotopic (exact) mass is 843 g/mol. The van der Waals surface area contributed by atoms with E-state index in [-0.39, 0.29) is 6.04 Å². The molecule has 1 unspecified atom stereocenters. The van der Waals surface area contributed by atoms with Gasteiger partial charge in [0, 0.05) is 70.0 Å².